The van der Waals surface area contributed by atoms with E-state index >= 15 is 0 Å². The van der Waals surface area contributed by atoms with Crippen LogP contribution in [0.15, 0.2) is 43.1 Å². The summed E-state index contributed by atoms with van der Waals surface area (Å²) in [6.45, 7) is 8.87. The molecular formula is C20H21ClFN5. The van der Waals surface area contributed by atoms with Crippen molar-refractivity contribution in [3.8, 4) is 0 Å². The number of nitrogens with one attached hydrogen (secondary N) is 2. The Morgan fingerprint density at radius 1 is 1.37 bits per heavy atom. The van der Waals surface area contributed by atoms with Crippen molar-refractivity contribution in [1.29, 1.82) is 10.8 Å². The van der Waals surface area contributed by atoms with Crippen LogP contribution in [-0.4, -0.2) is 45.6 Å². The highest BCUT2D eigenvalue weighted by Gasteiger charge is 2.31. The Morgan fingerprint density at radius 3 is 2.81 bits per heavy atom. The zero-order valence-electron chi connectivity index (χ0n) is 15.3. The van der Waals surface area contributed by atoms with E-state index in [0.717, 1.165) is 16.8 Å². The fraction of sp³-hybridized carbons (Fsp3) is 0.250. The van der Waals surface area contributed by atoms with Gasteiger partial charge >= 0.3 is 0 Å². The third kappa shape index (κ3) is 3.71. The van der Waals surface area contributed by atoms with Gasteiger partial charge in [0.1, 0.15) is 17.3 Å². The summed E-state index contributed by atoms with van der Waals surface area (Å²) in [6.07, 6.45) is 1.33. The van der Waals surface area contributed by atoms with Gasteiger partial charge < -0.3 is 9.80 Å². The Labute approximate surface area is 163 Å². The van der Waals surface area contributed by atoms with E-state index in [2.05, 4.69) is 11.6 Å². The van der Waals surface area contributed by atoms with Crippen LogP contribution in [0.1, 0.15) is 23.7 Å². The Morgan fingerprint density at radius 2 is 2.11 bits per heavy atom. The Balaban J connectivity index is 1.81. The maximum absolute atomic E-state index is 13.5. The van der Waals surface area contributed by atoms with E-state index in [-0.39, 0.29) is 23.4 Å². The number of aromatic nitrogens is 1. The summed E-state index contributed by atoms with van der Waals surface area (Å²) in [7, 11) is 0. The summed E-state index contributed by atoms with van der Waals surface area (Å²) in [5.41, 5.74) is 2.90. The molecule has 7 heteroatoms. The lowest BCUT2D eigenvalue weighted by Crippen LogP contribution is -2.55. The predicted molar refractivity (Wildman–Crippen MR) is 107 cm³/mol. The number of nitrogens with zero attached hydrogens (tertiary/aromatic N) is 3. The molecule has 1 atom stereocenters. The standard InChI is InChI=1S/C20H21ClFN5/c1-12-10-27(20(24)18-9-15(22)7-8-25-18)19(23)11-26(12)14(3)16-5-4-6-17(21)13(16)2/h4-9,12,23-24H,3,10-11H2,1-2H3/t12-/m0/s1. The number of hydrogen-bond acceptors (Lipinski definition) is 4. The summed E-state index contributed by atoms with van der Waals surface area (Å²) < 4.78 is 13.5. The van der Waals surface area contributed by atoms with E-state index in [1.54, 1.807) is 4.90 Å². The third-order valence-electron chi connectivity index (χ3n) is 4.78. The SMILES string of the molecule is C=C(c1cccc(Cl)c1C)N1CC(=N)N(C(=N)c2cc(F)ccn2)C[C@@H]1C. The normalized spacial score (nSPS) is 17.2. The maximum atomic E-state index is 13.5. The van der Waals surface area contributed by atoms with Gasteiger partial charge in [-0.15, -0.1) is 0 Å². The molecule has 2 aromatic rings. The van der Waals surface area contributed by atoms with Gasteiger partial charge in [0.2, 0.25) is 0 Å². The van der Waals surface area contributed by atoms with Crippen LogP contribution >= 0.6 is 11.6 Å². The molecule has 0 aliphatic carbocycles. The number of pyridine rings is 1. The van der Waals surface area contributed by atoms with Crippen molar-refractivity contribution in [2.75, 3.05) is 13.1 Å². The van der Waals surface area contributed by atoms with Crippen LogP contribution in [-0.2, 0) is 0 Å². The van der Waals surface area contributed by atoms with Crippen molar-refractivity contribution in [3.63, 3.8) is 0 Å². The van der Waals surface area contributed by atoms with Crippen molar-refractivity contribution in [3.05, 3.63) is 70.8 Å². The maximum Gasteiger partial charge on any atom is 0.152 e. The van der Waals surface area contributed by atoms with Gasteiger partial charge in [-0.25, -0.2) is 4.39 Å². The fourth-order valence-electron chi connectivity index (χ4n) is 3.21. The lowest BCUT2D eigenvalue weighted by atomic mass is 10.0. The van der Waals surface area contributed by atoms with Gasteiger partial charge in [0.15, 0.2) is 5.84 Å². The van der Waals surface area contributed by atoms with E-state index in [1.807, 2.05) is 36.9 Å². The van der Waals surface area contributed by atoms with E-state index in [1.165, 1.54) is 18.3 Å². The molecule has 5 nitrogen and oxygen atoms in total. The van der Waals surface area contributed by atoms with Crippen molar-refractivity contribution in [2.24, 2.45) is 0 Å². The first-order valence-electron chi connectivity index (χ1n) is 8.56. The first kappa shape index (κ1) is 19.0. The highest BCUT2D eigenvalue weighted by molar-refractivity contribution is 6.31. The van der Waals surface area contributed by atoms with Crippen LogP contribution in [0.4, 0.5) is 4.39 Å². The summed E-state index contributed by atoms with van der Waals surface area (Å²) in [4.78, 5) is 7.64. The number of rotatable bonds is 3. The lowest BCUT2D eigenvalue weighted by Gasteiger charge is -2.43. The highest BCUT2D eigenvalue weighted by atomic mass is 35.5. The molecule has 1 aliphatic heterocycles. The van der Waals surface area contributed by atoms with Crippen molar-refractivity contribution >= 4 is 29.0 Å². The minimum absolute atomic E-state index is 0.00103. The topological polar surface area (TPSA) is 67.1 Å². The fourth-order valence-corrected chi connectivity index (χ4v) is 3.39. The largest absolute Gasteiger partial charge is 0.360 e. The molecule has 0 radical (unpaired) electrons. The molecule has 0 amide bonds. The average molecular weight is 386 g/mol. The number of piperazine rings is 1. The van der Waals surface area contributed by atoms with E-state index in [4.69, 9.17) is 22.4 Å². The minimum Gasteiger partial charge on any atom is -0.360 e. The predicted octanol–water partition coefficient (Wildman–Crippen LogP) is 4.16. The van der Waals surface area contributed by atoms with Gasteiger partial charge in [0, 0.05) is 41.1 Å². The molecule has 1 fully saturated rings. The zero-order chi connectivity index (χ0) is 19.7. The molecule has 3 rings (SSSR count). The molecule has 2 N–H and O–H groups in total. The number of benzene rings is 1. The van der Waals surface area contributed by atoms with Gasteiger partial charge in [-0.05, 0) is 31.5 Å². The van der Waals surface area contributed by atoms with Gasteiger partial charge in [-0.3, -0.25) is 15.8 Å². The van der Waals surface area contributed by atoms with Crippen LogP contribution in [0.5, 0.6) is 0 Å². The van der Waals surface area contributed by atoms with Crippen molar-refractivity contribution in [1.82, 2.24) is 14.8 Å². The number of halogens is 2. The van der Waals surface area contributed by atoms with E-state index in [9.17, 15) is 4.39 Å². The summed E-state index contributed by atoms with van der Waals surface area (Å²) in [5.74, 6) is -0.187. The number of hydrogen-bond donors (Lipinski definition) is 2. The monoisotopic (exact) mass is 385 g/mol. The molecule has 0 bridgehead atoms. The molecule has 2 heterocycles. The zero-order valence-corrected chi connectivity index (χ0v) is 16.0. The first-order valence-corrected chi connectivity index (χ1v) is 8.94. The van der Waals surface area contributed by atoms with Gasteiger partial charge in [0.25, 0.3) is 0 Å². The Kier molecular flexibility index (Phi) is 5.28. The summed E-state index contributed by atoms with van der Waals surface area (Å²) >= 11 is 6.23. The van der Waals surface area contributed by atoms with Gasteiger partial charge in [-0.1, -0.05) is 30.3 Å². The molecule has 0 saturated carbocycles. The number of amidine groups is 2. The van der Waals surface area contributed by atoms with Crippen LogP contribution in [0, 0.1) is 23.6 Å². The molecule has 0 unspecified atom stereocenters. The molecule has 140 valence electrons. The molecule has 1 aromatic carbocycles. The molecular weight excluding hydrogens is 365 g/mol. The molecule has 0 spiro atoms. The second kappa shape index (κ2) is 7.48. The third-order valence-corrected chi connectivity index (χ3v) is 5.19. The van der Waals surface area contributed by atoms with E-state index < -0.39 is 5.82 Å². The van der Waals surface area contributed by atoms with Gasteiger partial charge in [-0.2, -0.15) is 0 Å². The second-order valence-electron chi connectivity index (χ2n) is 6.60. The highest BCUT2D eigenvalue weighted by Crippen LogP contribution is 2.29. The second-order valence-corrected chi connectivity index (χ2v) is 7.01. The van der Waals surface area contributed by atoms with Crippen molar-refractivity contribution < 1.29 is 4.39 Å². The summed E-state index contributed by atoms with van der Waals surface area (Å²) in [6, 6.07) is 8.13. The van der Waals surface area contributed by atoms with Gasteiger partial charge in [0.05, 0.1) is 6.54 Å². The molecule has 1 aliphatic rings. The quantitative estimate of drug-likeness (QED) is 0.615. The molecule has 1 saturated heterocycles. The first-order chi connectivity index (χ1) is 12.8. The molecule has 27 heavy (non-hydrogen) atoms. The average Bonchev–Trinajstić information content (AvgIpc) is 2.64. The van der Waals surface area contributed by atoms with E-state index in [0.29, 0.717) is 18.1 Å². The minimum atomic E-state index is -0.451. The Hall–Kier alpha value is -2.73. The van der Waals surface area contributed by atoms with Crippen LogP contribution in [0.2, 0.25) is 5.02 Å². The summed E-state index contributed by atoms with van der Waals surface area (Å²) in [5, 5.41) is 17.4. The van der Waals surface area contributed by atoms with Crippen LogP contribution < -0.4 is 0 Å². The smallest absolute Gasteiger partial charge is 0.152 e. The van der Waals surface area contributed by atoms with Crippen LogP contribution in [0.25, 0.3) is 5.70 Å². The van der Waals surface area contributed by atoms with Crippen molar-refractivity contribution in [2.45, 2.75) is 19.9 Å². The van der Waals surface area contributed by atoms with Crippen LogP contribution in [0.3, 0.4) is 0 Å². The Bertz CT molecular complexity index is 926. The molecule has 1 aromatic heterocycles. The lowest BCUT2D eigenvalue weighted by molar-refractivity contribution is 0.272.